The summed E-state index contributed by atoms with van der Waals surface area (Å²) in [7, 11) is 0. The maximum absolute atomic E-state index is 12.4. The number of nitrogens with zero attached hydrogens (tertiary/aromatic N) is 1. The molecular formula is C20H25N3O4. The molecule has 4 amide bonds. The highest BCUT2D eigenvalue weighted by Gasteiger charge is 2.44. The van der Waals surface area contributed by atoms with Crippen molar-refractivity contribution in [3.05, 3.63) is 29.3 Å². The van der Waals surface area contributed by atoms with Gasteiger partial charge < -0.3 is 15.4 Å². The van der Waals surface area contributed by atoms with E-state index in [1.165, 1.54) is 4.90 Å². The number of imide groups is 1. The summed E-state index contributed by atoms with van der Waals surface area (Å²) >= 11 is 0. The number of anilines is 1. The number of hydrogen-bond donors (Lipinski definition) is 2. The Hall–Kier alpha value is -2.41. The second kappa shape index (κ2) is 7.68. The summed E-state index contributed by atoms with van der Waals surface area (Å²) < 4.78 is 5.58. The number of benzene rings is 1. The van der Waals surface area contributed by atoms with Crippen LogP contribution in [0, 0.1) is 0 Å². The van der Waals surface area contributed by atoms with Crippen molar-refractivity contribution in [3.8, 4) is 0 Å². The van der Waals surface area contributed by atoms with Crippen LogP contribution in [-0.2, 0) is 4.74 Å². The van der Waals surface area contributed by atoms with Crippen LogP contribution in [0.15, 0.2) is 18.2 Å². The van der Waals surface area contributed by atoms with Crippen molar-refractivity contribution in [1.82, 2.24) is 10.2 Å². The first kappa shape index (κ1) is 18.0. The third-order valence-corrected chi connectivity index (χ3v) is 5.35. The Labute approximate surface area is 158 Å². The van der Waals surface area contributed by atoms with Crippen molar-refractivity contribution < 1.29 is 19.1 Å². The molecule has 1 saturated carbocycles. The zero-order valence-corrected chi connectivity index (χ0v) is 15.3. The normalized spacial score (nSPS) is 21.5. The van der Waals surface area contributed by atoms with E-state index in [4.69, 9.17) is 4.74 Å². The van der Waals surface area contributed by atoms with Gasteiger partial charge in [0.25, 0.3) is 11.8 Å². The molecule has 3 aliphatic rings. The smallest absolute Gasteiger partial charge is 0.319 e. The zero-order chi connectivity index (χ0) is 18.8. The average Bonchev–Trinajstić information content (AvgIpc) is 3.28. The Kier molecular flexibility index (Phi) is 5.11. The van der Waals surface area contributed by atoms with Gasteiger partial charge in [-0.1, -0.05) is 0 Å². The highest BCUT2D eigenvalue weighted by molar-refractivity contribution is 6.22. The molecule has 7 nitrogen and oxygen atoms in total. The first-order valence-electron chi connectivity index (χ1n) is 9.82. The molecule has 0 radical (unpaired) electrons. The molecule has 1 aliphatic carbocycles. The van der Waals surface area contributed by atoms with Gasteiger partial charge in [-0.05, 0) is 63.1 Å². The molecule has 2 heterocycles. The molecular weight excluding hydrogens is 346 g/mol. The number of rotatable bonds is 7. The van der Waals surface area contributed by atoms with Crippen molar-refractivity contribution in [2.24, 2.45) is 0 Å². The third kappa shape index (κ3) is 3.98. The molecule has 0 unspecified atom stereocenters. The van der Waals surface area contributed by atoms with Crippen LogP contribution in [0.5, 0.6) is 0 Å². The fourth-order valence-corrected chi connectivity index (χ4v) is 3.75. The van der Waals surface area contributed by atoms with Crippen molar-refractivity contribution in [3.63, 3.8) is 0 Å². The maximum Gasteiger partial charge on any atom is 0.319 e. The molecule has 0 aromatic heterocycles. The summed E-state index contributed by atoms with van der Waals surface area (Å²) in [6.07, 6.45) is 7.42. The molecule has 2 N–H and O–H groups in total. The Morgan fingerprint density at radius 2 is 1.93 bits per heavy atom. The second-order valence-electron chi connectivity index (χ2n) is 7.48. The van der Waals surface area contributed by atoms with E-state index in [0.717, 1.165) is 51.6 Å². The highest BCUT2D eigenvalue weighted by atomic mass is 16.5. The molecule has 1 saturated heterocycles. The Morgan fingerprint density at radius 3 is 2.67 bits per heavy atom. The van der Waals surface area contributed by atoms with Gasteiger partial charge >= 0.3 is 6.03 Å². The summed E-state index contributed by atoms with van der Waals surface area (Å²) in [5, 5.41) is 5.57. The van der Waals surface area contributed by atoms with Crippen molar-refractivity contribution in [2.45, 2.75) is 57.1 Å². The number of carbonyl (C=O) groups is 3. The molecule has 1 aromatic rings. The predicted molar refractivity (Wildman–Crippen MR) is 99.8 cm³/mol. The van der Waals surface area contributed by atoms with Gasteiger partial charge in [0, 0.05) is 24.9 Å². The largest absolute Gasteiger partial charge is 0.378 e. The summed E-state index contributed by atoms with van der Waals surface area (Å²) in [6, 6.07) is 4.62. The lowest BCUT2D eigenvalue weighted by Crippen LogP contribution is -2.31. The maximum atomic E-state index is 12.4. The van der Waals surface area contributed by atoms with E-state index in [9.17, 15) is 14.4 Å². The van der Waals surface area contributed by atoms with E-state index in [0.29, 0.717) is 29.5 Å². The number of hydrogen-bond acceptors (Lipinski definition) is 4. The molecule has 4 rings (SSSR count). The van der Waals surface area contributed by atoms with Gasteiger partial charge in [-0.15, -0.1) is 0 Å². The van der Waals surface area contributed by atoms with E-state index in [2.05, 4.69) is 10.6 Å². The van der Waals surface area contributed by atoms with Gasteiger partial charge in [-0.25, -0.2) is 4.79 Å². The lowest BCUT2D eigenvalue weighted by atomic mass is 10.1. The lowest BCUT2D eigenvalue weighted by Gasteiger charge is -2.11. The van der Waals surface area contributed by atoms with Crippen molar-refractivity contribution in [2.75, 3.05) is 18.5 Å². The number of unbranched alkanes of at least 4 members (excludes halogenated alkanes) is 1. The number of nitrogens with one attached hydrogen (secondary N) is 2. The zero-order valence-electron chi connectivity index (χ0n) is 15.3. The van der Waals surface area contributed by atoms with Gasteiger partial charge in [0.15, 0.2) is 0 Å². The lowest BCUT2D eigenvalue weighted by molar-refractivity contribution is 0.0642. The quantitative estimate of drug-likeness (QED) is 0.570. The van der Waals surface area contributed by atoms with Gasteiger partial charge in [0.1, 0.15) is 0 Å². The first-order chi connectivity index (χ1) is 13.1. The van der Waals surface area contributed by atoms with Gasteiger partial charge in [0.2, 0.25) is 0 Å². The third-order valence-electron chi connectivity index (χ3n) is 5.35. The minimum atomic E-state index is -0.303. The van der Waals surface area contributed by atoms with E-state index in [-0.39, 0.29) is 23.9 Å². The van der Waals surface area contributed by atoms with Crippen LogP contribution in [-0.4, -0.2) is 48.0 Å². The molecule has 0 bridgehead atoms. The predicted octanol–water partition coefficient (Wildman–Crippen LogP) is 2.92. The Bertz CT molecular complexity index is 754. The number of urea groups is 1. The number of fused-ring (bicyclic) bond motifs is 1. The van der Waals surface area contributed by atoms with Gasteiger partial charge in [0.05, 0.1) is 17.2 Å². The highest BCUT2D eigenvalue weighted by Crippen LogP contribution is 2.35. The summed E-state index contributed by atoms with van der Waals surface area (Å²) in [5.74, 6) is -0.476. The SMILES string of the molecule is O=C(NCCCC[C@H]1CCCO1)Nc1ccc2c(c1)C(=O)N(C1CC1)C2=O. The van der Waals surface area contributed by atoms with E-state index in [1.54, 1.807) is 18.2 Å². The fraction of sp³-hybridized carbons (Fsp3) is 0.550. The topological polar surface area (TPSA) is 87.7 Å². The summed E-state index contributed by atoms with van der Waals surface area (Å²) in [4.78, 5) is 38.2. The van der Waals surface area contributed by atoms with Crippen LogP contribution in [0.2, 0.25) is 0 Å². The minimum absolute atomic E-state index is 0.0479. The monoisotopic (exact) mass is 371 g/mol. The molecule has 0 spiro atoms. The number of ether oxygens (including phenoxy) is 1. The Morgan fingerprint density at radius 1 is 1.11 bits per heavy atom. The summed E-state index contributed by atoms with van der Waals surface area (Å²) in [6.45, 7) is 1.47. The molecule has 2 aliphatic heterocycles. The van der Waals surface area contributed by atoms with E-state index < -0.39 is 0 Å². The molecule has 1 aromatic carbocycles. The van der Waals surface area contributed by atoms with Gasteiger partial charge in [-0.2, -0.15) is 0 Å². The van der Waals surface area contributed by atoms with Crippen LogP contribution in [0.4, 0.5) is 10.5 Å². The van der Waals surface area contributed by atoms with Crippen molar-refractivity contribution in [1.29, 1.82) is 0 Å². The first-order valence-corrected chi connectivity index (χ1v) is 9.82. The molecule has 27 heavy (non-hydrogen) atoms. The summed E-state index contributed by atoms with van der Waals surface area (Å²) in [5.41, 5.74) is 1.32. The standard InChI is InChI=1S/C20H25N3O4/c24-18-16-9-6-13(12-17(16)19(25)23(18)14-7-8-14)22-20(26)21-10-2-1-4-15-5-3-11-27-15/h6,9,12,14-15H,1-5,7-8,10-11H2,(H2,21,22,26)/t15-/m0/s1. The molecule has 144 valence electrons. The molecule has 1 atom stereocenters. The molecule has 2 fully saturated rings. The number of carbonyl (C=O) groups excluding carboxylic acids is 3. The Balaban J connectivity index is 1.24. The second-order valence-corrected chi connectivity index (χ2v) is 7.48. The van der Waals surface area contributed by atoms with Crippen LogP contribution in [0.3, 0.4) is 0 Å². The van der Waals surface area contributed by atoms with E-state index >= 15 is 0 Å². The minimum Gasteiger partial charge on any atom is -0.378 e. The number of amides is 4. The van der Waals surface area contributed by atoms with Crippen LogP contribution in [0.1, 0.15) is 65.7 Å². The van der Waals surface area contributed by atoms with E-state index in [1.807, 2.05) is 0 Å². The van der Waals surface area contributed by atoms with Crippen molar-refractivity contribution >= 4 is 23.5 Å². The molecule has 7 heteroatoms. The average molecular weight is 371 g/mol. The van der Waals surface area contributed by atoms with Crippen LogP contribution < -0.4 is 10.6 Å². The van der Waals surface area contributed by atoms with Gasteiger partial charge in [-0.3, -0.25) is 14.5 Å². The van der Waals surface area contributed by atoms with Crippen LogP contribution in [0.25, 0.3) is 0 Å². The fourth-order valence-electron chi connectivity index (χ4n) is 3.75. The van der Waals surface area contributed by atoms with Crippen LogP contribution >= 0.6 is 0 Å².